The first-order valence-electron chi connectivity index (χ1n) is 10.3. The molecule has 0 radical (unpaired) electrons. The molecule has 4 rings (SSSR count). The molecule has 0 aliphatic heterocycles. The van der Waals surface area contributed by atoms with Crippen LogP contribution in [0.15, 0.2) is 24.3 Å². The minimum absolute atomic E-state index is 0.196. The van der Waals surface area contributed by atoms with E-state index in [-0.39, 0.29) is 21.5 Å². The van der Waals surface area contributed by atoms with Crippen LogP contribution in [0.4, 0.5) is 4.79 Å². The summed E-state index contributed by atoms with van der Waals surface area (Å²) in [6, 6.07) is 6.77. The molecule has 0 bridgehead atoms. The van der Waals surface area contributed by atoms with Crippen LogP contribution in [0.25, 0.3) is 45.8 Å². The van der Waals surface area contributed by atoms with E-state index >= 15 is 0 Å². The van der Waals surface area contributed by atoms with Crippen molar-refractivity contribution < 1.29 is 34.9 Å². The average Bonchev–Trinajstić information content (AvgIpc) is 3.16. The van der Waals surface area contributed by atoms with E-state index in [2.05, 4.69) is 13.2 Å². The normalized spacial score (nSPS) is 11.2. The van der Waals surface area contributed by atoms with Crippen molar-refractivity contribution in [3.05, 3.63) is 45.1 Å². The first-order valence-corrected chi connectivity index (χ1v) is 10.3. The number of fused-ring (bicyclic) bond motifs is 2. The van der Waals surface area contributed by atoms with Crippen molar-refractivity contribution in [1.82, 2.24) is 9.46 Å². The van der Waals surface area contributed by atoms with E-state index in [1.807, 2.05) is 27.7 Å². The Balaban J connectivity index is 1.83. The predicted molar refractivity (Wildman–Crippen MR) is 128 cm³/mol. The molecule has 4 aromatic rings. The molecule has 34 heavy (non-hydrogen) atoms. The van der Waals surface area contributed by atoms with Crippen molar-refractivity contribution >= 4 is 52.0 Å². The zero-order valence-electron chi connectivity index (χ0n) is 19.1. The van der Waals surface area contributed by atoms with Crippen LogP contribution in [0.1, 0.15) is 27.7 Å². The lowest BCUT2D eigenvalue weighted by atomic mass is 10.1. The van der Waals surface area contributed by atoms with Gasteiger partial charge in [0, 0.05) is 0 Å². The van der Waals surface area contributed by atoms with Gasteiger partial charge in [-0.05, 0) is 48.6 Å². The molecular weight excluding hydrogens is 440 g/mol. The standard InChI is InChI=1S/C25H24N2O7/c1-11(2)15-9-7-13(5)17-19(15)23(30)26(21(17)28)33-25(32)34-27-22(29)18-14(6)8-10-16(12(3)4)20(18)24(27)31/h7-10,28-31H,5-6H2,1-4H3. The maximum atomic E-state index is 12.6. The Kier molecular flexibility index (Phi) is 5.20. The Bertz CT molecular complexity index is 1610. The second-order valence-corrected chi connectivity index (χ2v) is 8.36. The van der Waals surface area contributed by atoms with Gasteiger partial charge in [0.1, 0.15) is 0 Å². The summed E-state index contributed by atoms with van der Waals surface area (Å²) in [5.41, 5.74) is 1.69. The quantitative estimate of drug-likeness (QED) is 0.352. The lowest BCUT2D eigenvalue weighted by Crippen LogP contribution is -2.28. The van der Waals surface area contributed by atoms with Crippen LogP contribution in [0.2, 0.25) is 0 Å². The largest absolute Gasteiger partial charge is 0.560 e. The number of nitrogens with zero attached hydrogens (tertiary/aromatic N) is 2. The molecule has 0 spiro atoms. The summed E-state index contributed by atoms with van der Waals surface area (Å²) in [5, 5.41) is 45.6. The van der Waals surface area contributed by atoms with Gasteiger partial charge in [0.15, 0.2) is 0 Å². The van der Waals surface area contributed by atoms with E-state index in [0.717, 1.165) is 11.1 Å². The number of hydrogen-bond acceptors (Lipinski definition) is 7. The highest BCUT2D eigenvalue weighted by Crippen LogP contribution is 2.33. The first-order chi connectivity index (χ1) is 16.0. The van der Waals surface area contributed by atoms with Crippen molar-refractivity contribution in [3.8, 4) is 23.5 Å². The summed E-state index contributed by atoms with van der Waals surface area (Å²) in [5.74, 6) is -2.23. The third-order valence-corrected chi connectivity index (χ3v) is 5.66. The molecule has 0 amide bonds. The van der Waals surface area contributed by atoms with Crippen LogP contribution in [-0.4, -0.2) is 36.0 Å². The summed E-state index contributed by atoms with van der Waals surface area (Å²) in [6.07, 6.45) is -1.45. The van der Waals surface area contributed by atoms with Crippen LogP contribution in [0, 0.1) is 0 Å². The third kappa shape index (κ3) is 3.21. The Hall–Kier alpha value is -4.53. The third-order valence-electron chi connectivity index (χ3n) is 5.66. The van der Waals surface area contributed by atoms with Gasteiger partial charge in [-0.2, -0.15) is 4.79 Å². The molecule has 176 valence electrons. The van der Waals surface area contributed by atoms with E-state index < -0.39 is 29.7 Å². The molecule has 0 unspecified atom stereocenters. The van der Waals surface area contributed by atoms with Gasteiger partial charge in [0.05, 0.1) is 21.5 Å². The van der Waals surface area contributed by atoms with Crippen molar-refractivity contribution in [2.75, 3.05) is 0 Å². The van der Waals surface area contributed by atoms with E-state index in [9.17, 15) is 25.2 Å². The number of carbonyl (C=O) groups excluding carboxylic acids is 1. The average molecular weight is 464 g/mol. The number of carbonyl (C=O) groups is 1. The summed E-state index contributed by atoms with van der Waals surface area (Å²) >= 11 is 0. The minimum Gasteiger partial charge on any atom is -0.492 e. The van der Waals surface area contributed by atoms with Gasteiger partial charge in [0.25, 0.3) is 0 Å². The molecule has 0 fully saturated rings. The summed E-state index contributed by atoms with van der Waals surface area (Å²) in [4.78, 5) is 22.6. The first kappa shape index (κ1) is 22.7. The minimum atomic E-state index is -1.45. The van der Waals surface area contributed by atoms with E-state index in [1.165, 1.54) is 0 Å². The zero-order valence-corrected chi connectivity index (χ0v) is 19.1. The highest BCUT2D eigenvalue weighted by molar-refractivity contribution is 5.95. The number of benzene rings is 2. The van der Waals surface area contributed by atoms with Gasteiger partial charge in [-0.15, -0.1) is 9.46 Å². The smallest absolute Gasteiger partial charge is 0.492 e. The van der Waals surface area contributed by atoms with Crippen molar-refractivity contribution in [2.24, 2.45) is 0 Å². The molecule has 9 nitrogen and oxygen atoms in total. The summed E-state index contributed by atoms with van der Waals surface area (Å²) in [6.45, 7) is 15.0. The molecule has 9 heteroatoms. The van der Waals surface area contributed by atoms with Gasteiger partial charge in [-0.3, -0.25) is 9.68 Å². The highest BCUT2D eigenvalue weighted by atomic mass is 16.9. The molecule has 2 aromatic carbocycles. The Labute approximate surface area is 193 Å². The maximum absolute atomic E-state index is 12.6. The SMILES string of the molecule is C=c1ccc(=C(C)C)c2c(O)n(OC(=O)On3c(O)c4c(=C)ccc(=C(C)C)c4c3O)c(O)c12. The van der Waals surface area contributed by atoms with Crippen LogP contribution < -0.4 is 30.5 Å². The monoisotopic (exact) mass is 464 g/mol. The molecular formula is C25H24N2O7. The zero-order chi connectivity index (χ0) is 25.1. The summed E-state index contributed by atoms with van der Waals surface area (Å²) < 4.78 is 0.987. The number of rotatable bonds is 2. The fourth-order valence-corrected chi connectivity index (χ4v) is 4.05. The topological polar surface area (TPSA) is 126 Å². The van der Waals surface area contributed by atoms with Gasteiger partial charge >= 0.3 is 6.16 Å². The molecule has 0 saturated carbocycles. The lowest BCUT2D eigenvalue weighted by Gasteiger charge is -2.08. The molecule has 0 atom stereocenters. The van der Waals surface area contributed by atoms with E-state index in [1.54, 1.807) is 24.3 Å². The van der Waals surface area contributed by atoms with Crippen LogP contribution in [0.3, 0.4) is 0 Å². The number of hydrogen-bond donors (Lipinski definition) is 4. The van der Waals surface area contributed by atoms with Gasteiger partial charge < -0.3 is 20.4 Å². The van der Waals surface area contributed by atoms with E-state index in [0.29, 0.717) is 30.3 Å². The lowest BCUT2D eigenvalue weighted by molar-refractivity contribution is 0.0212. The van der Waals surface area contributed by atoms with Gasteiger partial charge in [0.2, 0.25) is 23.5 Å². The number of aromatic nitrogens is 2. The molecule has 0 aliphatic rings. The Morgan fingerprint density at radius 3 is 1.29 bits per heavy atom. The van der Waals surface area contributed by atoms with Crippen LogP contribution >= 0.6 is 0 Å². The van der Waals surface area contributed by atoms with Crippen molar-refractivity contribution in [2.45, 2.75) is 27.7 Å². The molecule has 2 aromatic heterocycles. The number of aromatic hydroxyl groups is 4. The molecule has 2 heterocycles. The van der Waals surface area contributed by atoms with E-state index in [4.69, 9.17) is 9.68 Å². The van der Waals surface area contributed by atoms with Crippen LogP contribution in [0.5, 0.6) is 23.5 Å². The van der Waals surface area contributed by atoms with Gasteiger partial charge in [-0.25, -0.2) is 0 Å². The second-order valence-electron chi connectivity index (χ2n) is 8.36. The molecule has 0 saturated heterocycles. The summed E-state index contributed by atoms with van der Waals surface area (Å²) in [7, 11) is 0. The molecule has 0 aliphatic carbocycles. The highest BCUT2D eigenvalue weighted by Gasteiger charge is 2.25. The fourth-order valence-electron chi connectivity index (χ4n) is 4.05. The van der Waals surface area contributed by atoms with Crippen molar-refractivity contribution in [3.63, 3.8) is 0 Å². The Morgan fingerprint density at radius 1 is 0.647 bits per heavy atom. The fraction of sp³-hybridized carbons (Fsp3) is 0.160. The van der Waals surface area contributed by atoms with Crippen molar-refractivity contribution in [1.29, 1.82) is 0 Å². The Morgan fingerprint density at radius 2 is 0.971 bits per heavy atom. The second kappa shape index (κ2) is 7.80. The van der Waals surface area contributed by atoms with Crippen LogP contribution in [-0.2, 0) is 0 Å². The predicted octanol–water partition coefficient (Wildman–Crippen LogP) is 1.30. The maximum Gasteiger partial charge on any atom is 0.560 e. The molecule has 4 N–H and O–H groups in total. The van der Waals surface area contributed by atoms with Gasteiger partial charge in [-0.1, -0.05) is 48.6 Å².